The standard InChI is InChI=1S/C21H25Cl2N3O4S.Na/c1-25(21(27)12-15-7-8-18(22)19(23)11-15)20(14-26-9-2-3-10-26)16-5-4-6-17(13-16)24-31(28,29)30;/h4-8,11,13,20,24H,2-3,9-10,12,14H2,1H3,(H,28,29,30);/q;+1/p-1/t20-;/m1./s1. The maximum atomic E-state index is 13.1. The van der Waals surface area contributed by atoms with Gasteiger partial charge < -0.3 is 14.4 Å². The van der Waals surface area contributed by atoms with E-state index in [1.807, 2.05) is 10.8 Å². The molecule has 168 valence electrons. The molecule has 1 aliphatic heterocycles. The first-order chi connectivity index (χ1) is 14.6. The third-order valence-corrected chi connectivity index (χ3v) is 6.57. The van der Waals surface area contributed by atoms with Crippen LogP contribution in [0, 0.1) is 0 Å². The van der Waals surface area contributed by atoms with Gasteiger partial charge in [0, 0.05) is 19.3 Å². The van der Waals surface area contributed by atoms with Gasteiger partial charge in [0.05, 0.1) is 22.5 Å². The summed E-state index contributed by atoms with van der Waals surface area (Å²) in [6, 6.07) is 11.4. The number of benzene rings is 2. The van der Waals surface area contributed by atoms with Gasteiger partial charge in [-0.15, -0.1) is 0 Å². The van der Waals surface area contributed by atoms with Gasteiger partial charge in [-0.2, -0.15) is 0 Å². The minimum absolute atomic E-state index is 0. The van der Waals surface area contributed by atoms with Crippen LogP contribution in [0.25, 0.3) is 0 Å². The van der Waals surface area contributed by atoms with Crippen molar-refractivity contribution < 1.29 is 47.3 Å². The molecule has 0 bridgehead atoms. The molecule has 11 heteroatoms. The van der Waals surface area contributed by atoms with Crippen molar-refractivity contribution >= 4 is 45.1 Å². The number of hydrogen-bond donors (Lipinski definition) is 1. The van der Waals surface area contributed by atoms with Crippen LogP contribution in [0.4, 0.5) is 5.69 Å². The molecule has 0 aromatic heterocycles. The van der Waals surface area contributed by atoms with Crippen LogP contribution in [0.15, 0.2) is 42.5 Å². The molecule has 1 amide bonds. The Morgan fingerprint density at radius 2 is 1.84 bits per heavy atom. The summed E-state index contributed by atoms with van der Waals surface area (Å²) in [6.07, 6.45) is 2.35. The summed E-state index contributed by atoms with van der Waals surface area (Å²) in [4.78, 5) is 17.0. The Balaban J connectivity index is 0.00000363. The van der Waals surface area contributed by atoms with E-state index in [4.69, 9.17) is 23.2 Å². The summed E-state index contributed by atoms with van der Waals surface area (Å²) >= 11 is 12.0. The van der Waals surface area contributed by atoms with E-state index in [0.29, 0.717) is 16.6 Å². The van der Waals surface area contributed by atoms with Crippen molar-refractivity contribution in [2.24, 2.45) is 0 Å². The molecule has 2 aromatic carbocycles. The molecule has 1 fully saturated rings. The van der Waals surface area contributed by atoms with E-state index >= 15 is 0 Å². The van der Waals surface area contributed by atoms with E-state index in [9.17, 15) is 17.8 Å². The summed E-state index contributed by atoms with van der Waals surface area (Å²) in [5.74, 6) is -0.114. The van der Waals surface area contributed by atoms with Gasteiger partial charge in [-0.05, 0) is 61.3 Å². The fourth-order valence-corrected chi connectivity index (χ4v) is 4.47. The molecule has 3 rings (SSSR count). The van der Waals surface area contributed by atoms with Crippen molar-refractivity contribution in [3.8, 4) is 0 Å². The molecule has 7 nitrogen and oxygen atoms in total. The Labute approximate surface area is 221 Å². The van der Waals surface area contributed by atoms with Crippen molar-refractivity contribution in [3.63, 3.8) is 0 Å². The SMILES string of the molecule is CN(C(=O)Cc1ccc(Cl)c(Cl)c1)[C@H](CN1CCCC1)c1cccc(NS(=O)(=O)[O-])c1.[Na+]. The second-order valence-electron chi connectivity index (χ2n) is 7.64. The molecule has 32 heavy (non-hydrogen) atoms. The first-order valence-electron chi connectivity index (χ1n) is 9.88. The predicted octanol–water partition coefficient (Wildman–Crippen LogP) is 0.707. The number of halogens is 2. The second kappa shape index (κ2) is 12.0. The van der Waals surface area contributed by atoms with Crippen molar-refractivity contribution in [2.45, 2.75) is 25.3 Å². The van der Waals surface area contributed by atoms with Crippen LogP contribution in [-0.4, -0.2) is 55.4 Å². The van der Waals surface area contributed by atoms with Crippen LogP contribution >= 0.6 is 23.2 Å². The topological polar surface area (TPSA) is 92.8 Å². The monoisotopic (exact) mass is 507 g/mol. The number of carbonyl (C=O) groups is 1. The van der Waals surface area contributed by atoms with E-state index in [0.717, 1.165) is 37.1 Å². The van der Waals surface area contributed by atoms with Crippen LogP contribution in [0.3, 0.4) is 0 Å². The van der Waals surface area contributed by atoms with Crippen LogP contribution in [0.5, 0.6) is 0 Å². The molecule has 0 radical (unpaired) electrons. The van der Waals surface area contributed by atoms with Crippen molar-refractivity contribution in [2.75, 3.05) is 31.4 Å². The van der Waals surface area contributed by atoms with Crippen molar-refractivity contribution in [1.29, 1.82) is 0 Å². The minimum atomic E-state index is -4.64. The molecule has 1 atom stereocenters. The fourth-order valence-electron chi connectivity index (χ4n) is 3.74. The molecule has 0 aliphatic carbocycles. The Kier molecular flexibility index (Phi) is 10.3. The molecule has 1 saturated heterocycles. The van der Waals surface area contributed by atoms with Gasteiger partial charge in [0.25, 0.3) is 0 Å². The average Bonchev–Trinajstić information content (AvgIpc) is 3.20. The third-order valence-electron chi connectivity index (χ3n) is 5.34. The number of carbonyl (C=O) groups excluding carboxylic acids is 1. The molecule has 0 unspecified atom stereocenters. The van der Waals surface area contributed by atoms with Gasteiger partial charge in [0.2, 0.25) is 5.91 Å². The normalized spacial score (nSPS) is 15.1. The van der Waals surface area contributed by atoms with E-state index < -0.39 is 10.3 Å². The van der Waals surface area contributed by atoms with Gasteiger partial charge in [-0.25, -0.2) is 8.42 Å². The number of likely N-dealkylation sites (tertiary alicyclic amines) is 1. The number of nitrogens with zero attached hydrogens (tertiary/aromatic N) is 2. The predicted molar refractivity (Wildman–Crippen MR) is 121 cm³/mol. The van der Waals surface area contributed by atoms with Crippen LogP contribution < -0.4 is 34.3 Å². The average molecular weight is 508 g/mol. The van der Waals surface area contributed by atoms with Gasteiger partial charge in [-0.1, -0.05) is 41.4 Å². The first kappa shape index (κ1) is 27.4. The minimum Gasteiger partial charge on any atom is -0.731 e. The smallest absolute Gasteiger partial charge is 0.731 e. The Morgan fingerprint density at radius 1 is 1.16 bits per heavy atom. The van der Waals surface area contributed by atoms with E-state index in [1.165, 1.54) is 6.07 Å². The van der Waals surface area contributed by atoms with Crippen molar-refractivity contribution in [1.82, 2.24) is 9.80 Å². The number of anilines is 1. The molecule has 2 aromatic rings. The van der Waals surface area contributed by atoms with Gasteiger partial charge in [0.15, 0.2) is 10.3 Å². The van der Waals surface area contributed by atoms with Gasteiger partial charge >= 0.3 is 29.6 Å². The number of nitrogens with one attached hydrogen (secondary N) is 1. The van der Waals surface area contributed by atoms with Crippen molar-refractivity contribution in [3.05, 3.63) is 63.6 Å². The second-order valence-corrected chi connectivity index (χ2v) is 9.56. The van der Waals surface area contributed by atoms with E-state index in [1.54, 1.807) is 42.3 Å². The Hall–Kier alpha value is -0.840. The van der Waals surface area contributed by atoms with Crippen LogP contribution in [0.2, 0.25) is 10.0 Å². The summed E-state index contributed by atoms with van der Waals surface area (Å²) in [5, 5.41) is 0.816. The maximum Gasteiger partial charge on any atom is 1.00 e. The quantitative estimate of drug-likeness (QED) is 0.419. The third kappa shape index (κ3) is 7.88. The number of amides is 1. The van der Waals surface area contributed by atoms with E-state index in [2.05, 4.69) is 4.90 Å². The Bertz CT molecular complexity index is 1050. The van der Waals surface area contributed by atoms with Crippen LogP contribution in [-0.2, 0) is 21.5 Å². The molecular weight excluding hydrogens is 484 g/mol. The van der Waals surface area contributed by atoms with Gasteiger partial charge in [0.1, 0.15) is 0 Å². The number of likely N-dealkylation sites (N-methyl/N-ethyl adjacent to an activating group) is 1. The number of rotatable bonds is 8. The first-order valence-corrected chi connectivity index (χ1v) is 12.0. The fraction of sp³-hybridized carbons (Fsp3) is 0.381. The summed E-state index contributed by atoms with van der Waals surface area (Å²) in [5.41, 5.74) is 1.66. The molecule has 1 heterocycles. The molecule has 0 spiro atoms. The summed E-state index contributed by atoms with van der Waals surface area (Å²) < 4.78 is 35.3. The molecule has 1 N–H and O–H groups in total. The molecule has 0 saturated carbocycles. The summed E-state index contributed by atoms with van der Waals surface area (Å²) in [7, 11) is -2.91. The largest absolute Gasteiger partial charge is 1.00 e. The maximum absolute atomic E-state index is 13.1. The summed E-state index contributed by atoms with van der Waals surface area (Å²) in [6.45, 7) is 2.49. The molecule has 1 aliphatic rings. The van der Waals surface area contributed by atoms with Crippen LogP contribution in [0.1, 0.15) is 30.0 Å². The molecular formula is C21H24Cl2N3NaO4S. The number of hydrogen-bond acceptors (Lipinski definition) is 5. The van der Waals surface area contributed by atoms with E-state index in [-0.39, 0.29) is 53.6 Å². The zero-order valence-corrected chi connectivity index (χ0v) is 22.4. The Morgan fingerprint density at radius 3 is 2.47 bits per heavy atom. The van der Waals surface area contributed by atoms with Gasteiger partial charge in [-0.3, -0.25) is 9.52 Å². The zero-order valence-electron chi connectivity index (χ0n) is 18.1. The zero-order chi connectivity index (χ0) is 22.6.